The second-order valence-electron chi connectivity index (χ2n) is 6.04. The molecule has 1 heterocycles. The third-order valence-corrected chi connectivity index (χ3v) is 5.71. The van der Waals surface area contributed by atoms with E-state index in [0.29, 0.717) is 18.8 Å². The minimum Gasteiger partial charge on any atom is -0.325 e. The molecule has 3 N–H and O–H groups in total. The highest BCUT2D eigenvalue weighted by molar-refractivity contribution is 7.89. The fourth-order valence-electron chi connectivity index (χ4n) is 2.50. The van der Waals surface area contributed by atoms with E-state index >= 15 is 0 Å². The van der Waals surface area contributed by atoms with Crippen LogP contribution < -0.4 is 10.5 Å². The number of nitrogens with zero attached hydrogens (tertiary/aromatic N) is 1. The first-order valence-corrected chi connectivity index (χ1v) is 10.4. The maximum absolute atomic E-state index is 12.5. The smallest absolute Gasteiger partial charge is 0.238 e. The van der Waals surface area contributed by atoms with Crippen molar-refractivity contribution >= 4 is 33.0 Å². The van der Waals surface area contributed by atoms with Gasteiger partial charge in [-0.05, 0) is 48.6 Å². The fraction of sp³-hybridized carbons (Fsp3) is 0.278. The van der Waals surface area contributed by atoms with Crippen LogP contribution in [0.5, 0.6) is 0 Å². The maximum Gasteiger partial charge on any atom is 0.238 e. The van der Waals surface area contributed by atoms with Crippen molar-refractivity contribution in [2.75, 3.05) is 18.4 Å². The number of sulfonamides is 1. The number of benzene rings is 1. The van der Waals surface area contributed by atoms with E-state index in [9.17, 15) is 13.2 Å². The van der Waals surface area contributed by atoms with Crippen LogP contribution in [0.4, 0.5) is 5.69 Å². The van der Waals surface area contributed by atoms with Gasteiger partial charge in [-0.25, -0.2) is 13.6 Å². The molecular weight excluding hydrogens is 370 g/mol. The first-order chi connectivity index (χ1) is 12.2. The highest BCUT2D eigenvalue weighted by Gasteiger charge is 2.16. The van der Waals surface area contributed by atoms with Gasteiger partial charge in [0.1, 0.15) is 0 Å². The van der Waals surface area contributed by atoms with Gasteiger partial charge in [-0.2, -0.15) is 0 Å². The van der Waals surface area contributed by atoms with E-state index in [4.69, 9.17) is 5.14 Å². The summed E-state index contributed by atoms with van der Waals surface area (Å²) in [6, 6.07) is 6.88. The normalized spacial score (nSPS) is 11.5. The zero-order valence-electron chi connectivity index (χ0n) is 14.9. The van der Waals surface area contributed by atoms with Crippen molar-refractivity contribution in [1.82, 2.24) is 4.90 Å². The molecule has 6 nitrogen and oxygen atoms in total. The minimum atomic E-state index is -3.84. The Morgan fingerprint density at radius 3 is 2.69 bits per heavy atom. The number of primary sulfonamides is 1. The van der Waals surface area contributed by atoms with Gasteiger partial charge in [-0.3, -0.25) is 9.69 Å². The number of carbonyl (C=O) groups excluding carboxylic acids is 1. The van der Waals surface area contributed by atoms with Crippen molar-refractivity contribution in [2.24, 2.45) is 5.14 Å². The standard InChI is InChI=1S/C18H23N3O3S2/c1-4-7-21(11-15-6-5-8-25-15)12-18(22)20-17-10-16(26(19,23)24)9-13(2)14(17)3/h4-6,8-10H,1,7,11-12H2,2-3H3,(H,20,22)(H2,19,23,24). The van der Waals surface area contributed by atoms with Gasteiger partial charge in [0.25, 0.3) is 0 Å². The molecular formula is C18H23N3O3S2. The molecule has 8 heteroatoms. The predicted octanol–water partition coefficient (Wildman–Crippen LogP) is 2.64. The van der Waals surface area contributed by atoms with Crippen LogP contribution in [0, 0.1) is 13.8 Å². The van der Waals surface area contributed by atoms with Gasteiger partial charge in [0.2, 0.25) is 15.9 Å². The molecule has 0 spiro atoms. The van der Waals surface area contributed by atoms with Gasteiger partial charge in [0, 0.05) is 23.7 Å². The third kappa shape index (κ3) is 5.50. The molecule has 2 aromatic rings. The molecule has 0 aliphatic heterocycles. The SMILES string of the molecule is C=CCN(CC(=O)Nc1cc(S(N)(=O)=O)cc(C)c1C)Cc1cccs1. The van der Waals surface area contributed by atoms with Crippen LogP contribution in [0.2, 0.25) is 0 Å². The number of hydrogen-bond donors (Lipinski definition) is 2. The van der Waals surface area contributed by atoms with Crippen LogP contribution in [0.1, 0.15) is 16.0 Å². The Labute approximate surface area is 158 Å². The summed E-state index contributed by atoms with van der Waals surface area (Å²) in [6.07, 6.45) is 1.75. The highest BCUT2D eigenvalue weighted by atomic mass is 32.2. The summed E-state index contributed by atoms with van der Waals surface area (Å²) in [5.74, 6) is -0.225. The number of nitrogens with two attached hydrogens (primary N) is 1. The number of aryl methyl sites for hydroxylation is 1. The van der Waals surface area contributed by atoms with E-state index < -0.39 is 10.0 Å². The topological polar surface area (TPSA) is 92.5 Å². The lowest BCUT2D eigenvalue weighted by Gasteiger charge is -2.20. The van der Waals surface area contributed by atoms with E-state index in [2.05, 4.69) is 11.9 Å². The van der Waals surface area contributed by atoms with Crippen molar-refractivity contribution in [3.05, 3.63) is 58.3 Å². The molecule has 2 rings (SSSR count). The monoisotopic (exact) mass is 393 g/mol. The largest absolute Gasteiger partial charge is 0.325 e. The molecule has 1 aromatic carbocycles. The lowest BCUT2D eigenvalue weighted by molar-refractivity contribution is -0.117. The van der Waals surface area contributed by atoms with Gasteiger partial charge < -0.3 is 5.32 Å². The van der Waals surface area contributed by atoms with Crippen molar-refractivity contribution in [1.29, 1.82) is 0 Å². The van der Waals surface area contributed by atoms with Gasteiger partial charge >= 0.3 is 0 Å². The highest BCUT2D eigenvalue weighted by Crippen LogP contribution is 2.23. The molecule has 0 aliphatic carbocycles. The van der Waals surface area contributed by atoms with E-state index in [1.807, 2.05) is 29.3 Å². The molecule has 0 radical (unpaired) electrons. The predicted molar refractivity (Wildman–Crippen MR) is 106 cm³/mol. The fourth-order valence-corrected chi connectivity index (χ4v) is 3.87. The second kappa shape index (κ2) is 8.59. The Kier molecular flexibility index (Phi) is 6.71. The number of amides is 1. The Balaban J connectivity index is 2.15. The van der Waals surface area contributed by atoms with Crippen molar-refractivity contribution in [3.8, 4) is 0 Å². The van der Waals surface area contributed by atoms with Crippen LogP contribution in [0.3, 0.4) is 0 Å². The quantitative estimate of drug-likeness (QED) is 0.674. The Bertz CT molecular complexity index is 891. The first-order valence-electron chi connectivity index (χ1n) is 8.00. The first kappa shape index (κ1) is 20.3. The summed E-state index contributed by atoms with van der Waals surface area (Å²) >= 11 is 1.63. The summed E-state index contributed by atoms with van der Waals surface area (Å²) in [5, 5.41) is 10.0. The summed E-state index contributed by atoms with van der Waals surface area (Å²) in [6.45, 7) is 8.72. The van der Waals surface area contributed by atoms with E-state index in [1.54, 1.807) is 24.3 Å². The lowest BCUT2D eigenvalue weighted by Crippen LogP contribution is -2.33. The molecule has 0 fully saturated rings. The van der Waals surface area contributed by atoms with Crippen LogP contribution in [0.15, 0.2) is 47.2 Å². The molecule has 0 bridgehead atoms. The second-order valence-corrected chi connectivity index (χ2v) is 8.64. The Hall–Kier alpha value is -2.00. The van der Waals surface area contributed by atoms with Gasteiger partial charge in [-0.15, -0.1) is 17.9 Å². The Morgan fingerprint density at radius 1 is 1.38 bits per heavy atom. The van der Waals surface area contributed by atoms with Crippen molar-refractivity contribution in [2.45, 2.75) is 25.3 Å². The summed E-state index contributed by atoms with van der Waals surface area (Å²) in [7, 11) is -3.84. The average Bonchev–Trinajstić information content (AvgIpc) is 3.03. The molecule has 0 atom stereocenters. The van der Waals surface area contributed by atoms with E-state index in [0.717, 1.165) is 16.0 Å². The molecule has 0 saturated carbocycles. The van der Waals surface area contributed by atoms with E-state index in [-0.39, 0.29) is 17.3 Å². The number of rotatable bonds is 8. The number of carbonyl (C=O) groups is 1. The number of anilines is 1. The van der Waals surface area contributed by atoms with Gasteiger partial charge in [-0.1, -0.05) is 12.1 Å². The zero-order chi connectivity index (χ0) is 19.3. The molecule has 0 unspecified atom stereocenters. The number of nitrogens with one attached hydrogen (secondary N) is 1. The summed E-state index contributed by atoms with van der Waals surface area (Å²) in [5.41, 5.74) is 2.00. The van der Waals surface area contributed by atoms with Gasteiger partial charge in [0.15, 0.2) is 0 Å². The summed E-state index contributed by atoms with van der Waals surface area (Å²) < 4.78 is 23.2. The third-order valence-electron chi connectivity index (χ3n) is 3.96. The molecule has 1 aromatic heterocycles. The van der Waals surface area contributed by atoms with Crippen LogP contribution in [-0.4, -0.2) is 32.3 Å². The molecule has 26 heavy (non-hydrogen) atoms. The van der Waals surface area contributed by atoms with Crippen molar-refractivity contribution in [3.63, 3.8) is 0 Å². The number of thiophene rings is 1. The lowest BCUT2D eigenvalue weighted by atomic mass is 10.1. The van der Waals surface area contributed by atoms with Crippen LogP contribution >= 0.6 is 11.3 Å². The molecule has 1 amide bonds. The van der Waals surface area contributed by atoms with Crippen LogP contribution in [0.25, 0.3) is 0 Å². The van der Waals surface area contributed by atoms with Crippen molar-refractivity contribution < 1.29 is 13.2 Å². The molecule has 0 aliphatic rings. The average molecular weight is 394 g/mol. The van der Waals surface area contributed by atoms with Gasteiger partial charge in [0.05, 0.1) is 11.4 Å². The van der Waals surface area contributed by atoms with Crippen LogP contribution in [-0.2, 0) is 21.4 Å². The molecule has 140 valence electrons. The Morgan fingerprint density at radius 2 is 2.12 bits per heavy atom. The minimum absolute atomic E-state index is 0.0163. The molecule has 0 saturated heterocycles. The zero-order valence-corrected chi connectivity index (χ0v) is 16.5. The maximum atomic E-state index is 12.5. The number of hydrogen-bond acceptors (Lipinski definition) is 5. The van der Waals surface area contributed by atoms with E-state index in [1.165, 1.54) is 12.1 Å². The summed E-state index contributed by atoms with van der Waals surface area (Å²) in [4.78, 5) is 15.6.